The van der Waals surface area contributed by atoms with Crippen molar-refractivity contribution in [2.45, 2.75) is 58.3 Å². The number of nitrogens with zero attached hydrogens (tertiary/aromatic N) is 3. The second kappa shape index (κ2) is 10.9. The number of anilines is 1. The van der Waals surface area contributed by atoms with E-state index in [0.29, 0.717) is 5.56 Å². The van der Waals surface area contributed by atoms with Gasteiger partial charge in [0, 0.05) is 5.56 Å². The van der Waals surface area contributed by atoms with E-state index in [1.54, 1.807) is 18.2 Å². The van der Waals surface area contributed by atoms with Crippen LogP contribution in [0.25, 0.3) is 22.6 Å². The van der Waals surface area contributed by atoms with Gasteiger partial charge in [-0.2, -0.15) is 5.21 Å². The highest BCUT2D eigenvalue weighted by Crippen LogP contribution is 2.27. The molecule has 3 N–H and O–H groups in total. The number of para-hydroxylation sites is 1. The number of hydrogen-bond acceptors (Lipinski definition) is 7. The van der Waals surface area contributed by atoms with Gasteiger partial charge >= 0.3 is 0 Å². The fourth-order valence-corrected chi connectivity index (χ4v) is 4.10. The maximum atomic E-state index is 13.3. The van der Waals surface area contributed by atoms with Crippen molar-refractivity contribution in [1.29, 1.82) is 0 Å². The molecule has 0 aliphatic carbocycles. The number of aromatic amines is 1. The zero-order valence-electron chi connectivity index (χ0n) is 19.3. The first-order chi connectivity index (χ1) is 16.6. The average molecular weight is 460 g/mol. The number of carbonyl (C=O) groups is 1. The third-order valence-electron chi connectivity index (χ3n) is 6.03. The first kappa shape index (κ1) is 23.4. The molecule has 0 spiro atoms. The first-order valence-corrected chi connectivity index (χ1v) is 11.8. The van der Waals surface area contributed by atoms with Crippen LogP contribution in [0.2, 0.25) is 0 Å². The SMILES string of the molecule is CCCCCCCCCc1ccc(C(=O)c2cccc3c(=O)c(N)c(-c4nn[nH]n4)oc23)cc1. The van der Waals surface area contributed by atoms with Gasteiger partial charge in [0.15, 0.2) is 5.78 Å². The van der Waals surface area contributed by atoms with E-state index in [2.05, 4.69) is 27.5 Å². The fourth-order valence-electron chi connectivity index (χ4n) is 4.10. The molecule has 0 amide bonds. The molecule has 34 heavy (non-hydrogen) atoms. The maximum Gasteiger partial charge on any atom is 0.242 e. The summed E-state index contributed by atoms with van der Waals surface area (Å²) in [6, 6.07) is 12.5. The summed E-state index contributed by atoms with van der Waals surface area (Å²) in [5, 5.41) is 13.7. The normalized spacial score (nSPS) is 11.2. The van der Waals surface area contributed by atoms with Crippen molar-refractivity contribution in [3.05, 3.63) is 69.4 Å². The highest BCUT2D eigenvalue weighted by Gasteiger charge is 2.21. The van der Waals surface area contributed by atoms with Crippen LogP contribution in [-0.4, -0.2) is 26.4 Å². The van der Waals surface area contributed by atoms with Crippen molar-refractivity contribution in [3.8, 4) is 11.6 Å². The number of ketones is 1. The molecule has 0 saturated heterocycles. The predicted molar refractivity (Wildman–Crippen MR) is 132 cm³/mol. The molecule has 0 fully saturated rings. The van der Waals surface area contributed by atoms with Crippen LogP contribution in [0.5, 0.6) is 0 Å². The van der Waals surface area contributed by atoms with E-state index in [1.807, 2.05) is 24.3 Å². The standard InChI is InChI=1S/C26H29N5O3/c1-2-3-4-5-6-7-8-10-17-13-15-18(16-14-17)22(32)19-11-9-12-20-23(33)21(27)25(34-24(19)20)26-28-30-31-29-26/h9,11-16H,2-8,10,27H2,1H3,(H,28,29,30,31). The Balaban J connectivity index is 1.52. The number of H-pyrrole nitrogens is 1. The Morgan fingerprint density at radius 2 is 1.74 bits per heavy atom. The van der Waals surface area contributed by atoms with E-state index >= 15 is 0 Å². The lowest BCUT2D eigenvalue weighted by atomic mass is 9.98. The quantitative estimate of drug-likeness (QED) is 0.236. The Kier molecular flexibility index (Phi) is 7.47. The molecule has 2 aromatic heterocycles. The van der Waals surface area contributed by atoms with Crippen LogP contribution in [0.15, 0.2) is 51.7 Å². The minimum absolute atomic E-state index is 0.0171. The van der Waals surface area contributed by atoms with Crippen molar-refractivity contribution in [3.63, 3.8) is 0 Å². The van der Waals surface area contributed by atoms with Gasteiger partial charge in [0.2, 0.25) is 17.0 Å². The molecule has 0 radical (unpaired) electrons. The Hall–Kier alpha value is -3.81. The molecule has 0 unspecified atom stereocenters. The maximum absolute atomic E-state index is 13.3. The summed E-state index contributed by atoms with van der Waals surface area (Å²) in [6.45, 7) is 2.23. The number of fused-ring (bicyclic) bond motifs is 1. The van der Waals surface area contributed by atoms with E-state index in [0.717, 1.165) is 12.8 Å². The average Bonchev–Trinajstić information content (AvgIpc) is 3.40. The largest absolute Gasteiger partial charge is 0.449 e. The summed E-state index contributed by atoms with van der Waals surface area (Å²) in [5.74, 6) is -0.204. The number of benzene rings is 2. The van der Waals surface area contributed by atoms with Gasteiger partial charge in [-0.3, -0.25) is 9.59 Å². The van der Waals surface area contributed by atoms with Crippen molar-refractivity contribution in [2.75, 3.05) is 5.73 Å². The Morgan fingerprint density at radius 1 is 1.00 bits per heavy atom. The first-order valence-electron chi connectivity index (χ1n) is 11.8. The lowest BCUT2D eigenvalue weighted by Crippen LogP contribution is -2.12. The number of carbonyl (C=O) groups excluding carboxylic acids is 1. The van der Waals surface area contributed by atoms with Gasteiger partial charge in [-0.05, 0) is 35.8 Å². The number of rotatable bonds is 11. The van der Waals surface area contributed by atoms with E-state index < -0.39 is 5.43 Å². The van der Waals surface area contributed by atoms with Gasteiger partial charge in [0.1, 0.15) is 11.3 Å². The lowest BCUT2D eigenvalue weighted by Gasteiger charge is -2.08. The molecule has 4 rings (SSSR count). The molecule has 2 aromatic carbocycles. The van der Waals surface area contributed by atoms with Crippen LogP contribution in [0.1, 0.15) is 73.4 Å². The molecule has 0 aliphatic heterocycles. The second-order valence-corrected chi connectivity index (χ2v) is 8.49. The van der Waals surface area contributed by atoms with Gasteiger partial charge in [0.25, 0.3) is 0 Å². The zero-order chi connectivity index (χ0) is 23.9. The molecule has 0 saturated carbocycles. The summed E-state index contributed by atoms with van der Waals surface area (Å²) < 4.78 is 5.88. The van der Waals surface area contributed by atoms with Crippen molar-refractivity contribution in [2.24, 2.45) is 0 Å². The minimum atomic E-state index is -0.444. The summed E-state index contributed by atoms with van der Waals surface area (Å²) in [4.78, 5) is 26.1. The third-order valence-corrected chi connectivity index (χ3v) is 6.03. The van der Waals surface area contributed by atoms with E-state index in [4.69, 9.17) is 10.2 Å². The summed E-state index contributed by atoms with van der Waals surface area (Å²) >= 11 is 0. The molecule has 2 heterocycles. The van der Waals surface area contributed by atoms with Crippen molar-refractivity contribution < 1.29 is 9.21 Å². The van der Waals surface area contributed by atoms with Gasteiger partial charge < -0.3 is 10.2 Å². The Bertz CT molecular complexity index is 1310. The molecule has 0 aliphatic rings. The smallest absolute Gasteiger partial charge is 0.242 e. The lowest BCUT2D eigenvalue weighted by molar-refractivity contribution is 0.103. The molecular formula is C26H29N5O3. The van der Waals surface area contributed by atoms with Crippen LogP contribution in [-0.2, 0) is 6.42 Å². The Labute approximate surface area is 197 Å². The van der Waals surface area contributed by atoms with Crippen molar-refractivity contribution in [1.82, 2.24) is 20.6 Å². The highest BCUT2D eigenvalue weighted by atomic mass is 16.3. The monoisotopic (exact) mass is 459 g/mol. The van der Waals surface area contributed by atoms with E-state index in [1.165, 1.54) is 44.1 Å². The number of nitrogens with two attached hydrogens (primary N) is 1. The number of aromatic nitrogens is 4. The van der Waals surface area contributed by atoms with Gasteiger partial charge in [0.05, 0.1) is 10.9 Å². The van der Waals surface area contributed by atoms with Gasteiger partial charge in [-0.1, -0.05) is 75.8 Å². The number of tetrazole rings is 1. The van der Waals surface area contributed by atoms with Gasteiger partial charge in [-0.15, -0.1) is 10.2 Å². The van der Waals surface area contributed by atoms with Crippen molar-refractivity contribution >= 4 is 22.4 Å². The Morgan fingerprint density at radius 3 is 2.44 bits per heavy atom. The number of nitrogen functional groups attached to an aromatic ring is 1. The second-order valence-electron chi connectivity index (χ2n) is 8.49. The van der Waals surface area contributed by atoms with Crippen LogP contribution < -0.4 is 11.2 Å². The molecule has 8 heteroatoms. The molecule has 176 valence electrons. The summed E-state index contributed by atoms with van der Waals surface area (Å²) in [7, 11) is 0. The molecule has 8 nitrogen and oxygen atoms in total. The number of nitrogens with one attached hydrogen (secondary N) is 1. The predicted octanol–water partition coefficient (Wildman–Crippen LogP) is 5.08. The summed E-state index contributed by atoms with van der Waals surface area (Å²) in [5.41, 5.74) is 7.55. The fraction of sp³-hybridized carbons (Fsp3) is 0.346. The highest BCUT2D eigenvalue weighted by molar-refractivity contribution is 6.15. The number of aryl methyl sites for hydroxylation is 1. The minimum Gasteiger partial charge on any atom is -0.449 e. The van der Waals surface area contributed by atoms with Crippen LogP contribution in [0.3, 0.4) is 0 Å². The molecule has 4 aromatic rings. The zero-order valence-corrected chi connectivity index (χ0v) is 19.3. The van der Waals surface area contributed by atoms with Crippen LogP contribution >= 0.6 is 0 Å². The van der Waals surface area contributed by atoms with E-state index in [-0.39, 0.29) is 39.6 Å². The summed E-state index contributed by atoms with van der Waals surface area (Å²) in [6.07, 6.45) is 9.87. The molecule has 0 atom stereocenters. The van der Waals surface area contributed by atoms with E-state index in [9.17, 15) is 9.59 Å². The number of hydrogen-bond donors (Lipinski definition) is 2. The third kappa shape index (κ3) is 5.06. The molecular weight excluding hydrogens is 430 g/mol. The topological polar surface area (TPSA) is 128 Å². The molecule has 0 bridgehead atoms. The van der Waals surface area contributed by atoms with Crippen LogP contribution in [0, 0.1) is 0 Å². The van der Waals surface area contributed by atoms with Gasteiger partial charge in [-0.25, -0.2) is 0 Å². The van der Waals surface area contributed by atoms with Crippen LogP contribution in [0.4, 0.5) is 5.69 Å². The number of unbranched alkanes of at least 4 members (excludes halogenated alkanes) is 6.